The van der Waals surface area contributed by atoms with Crippen LogP contribution >= 0.6 is 23.1 Å². The van der Waals surface area contributed by atoms with Crippen molar-refractivity contribution in [3.05, 3.63) is 16.6 Å². The van der Waals surface area contributed by atoms with Crippen LogP contribution in [-0.2, 0) is 11.3 Å². The predicted octanol–water partition coefficient (Wildman–Crippen LogP) is 1.31. The van der Waals surface area contributed by atoms with E-state index in [0.29, 0.717) is 6.54 Å². The first-order valence-corrected chi connectivity index (χ1v) is 4.78. The number of aromatic nitrogens is 1. The summed E-state index contributed by atoms with van der Waals surface area (Å²) in [5.41, 5.74) is 0.982. The third-order valence-electron chi connectivity index (χ3n) is 1.26. The summed E-state index contributed by atoms with van der Waals surface area (Å²) in [7, 11) is 0. The fourth-order valence-electron chi connectivity index (χ4n) is 0.733. The van der Waals surface area contributed by atoms with E-state index in [1.165, 1.54) is 11.5 Å². The van der Waals surface area contributed by atoms with Crippen LogP contribution in [-0.4, -0.2) is 16.2 Å². The van der Waals surface area contributed by atoms with Crippen LogP contribution in [0.4, 0.5) is 0 Å². The second-order valence-electron chi connectivity index (χ2n) is 2.34. The fourth-order valence-corrected chi connectivity index (χ4v) is 1.50. The number of carbonyl (C=O) groups is 1. The lowest BCUT2D eigenvalue weighted by Gasteiger charge is -1.97. The van der Waals surface area contributed by atoms with Crippen LogP contribution in [0.1, 0.15) is 10.6 Å². The molecule has 3 nitrogen and oxygen atoms in total. The van der Waals surface area contributed by atoms with Gasteiger partial charge in [0.05, 0.1) is 12.2 Å². The highest BCUT2D eigenvalue weighted by molar-refractivity contribution is 7.05. The van der Waals surface area contributed by atoms with Gasteiger partial charge in [0, 0.05) is 4.88 Å². The molecule has 0 atom stereocenters. The Morgan fingerprint density at radius 1 is 1.83 bits per heavy atom. The number of nitrogens with zero attached hydrogens (tertiary/aromatic N) is 1. The van der Waals surface area contributed by atoms with Crippen molar-refractivity contribution < 1.29 is 4.79 Å². The largest absolute Gasteiger partial charge is 0.350 e. The van der Waals surface area contributed by atoms with Crippen molar-refractivity contribution in [2.24, 2.45) is 0 Å². The minimum absolute atomic E-state index is 0.0117. The molecule has 5 heteroatoms. The molecular weight excluding hydrogens is 196 g/mol. The van der Waals surface area contributed by atoms with Crippen LogP contribution in [0.2, 0.25) is 0 Å². The molecule has 1 N–H and O–H groups in total. The summed E-state index contributed by atoms with van der Waals surface area (Å²) in [6.07, 6.45) is 0. The molecule has 1 amide bonds. The molecule has 0 unspecified atom stereocenters. The van der Waals surface area contributed by atoms with Gasteiger partial charge >= 0.3 is 0 Å². The van der Waals surface area contributed by atoms with E-state index in [-0.39, 0.29) is 11.8 Å². The number of nitrogens with one attached hydrogen (secondary N) is 1. The Kier molecular flexibility index (Phi) is 3.49. The van der Waals surface area contributed by atoms with Crippen molar-refractivity contribution in [2.75, 3.05) is 5.88 Å². The first-order chi connectivity index (χ1) is 5.72. The van der Waals surface area contributed by atoms with E-state index in [1.54, 1.807) is 0 Å². The van der Waals surface area contributed by atoms with Crippen molar-refractivity contribution in [1.29, 1.82) is 0 Å². The van der Waals surface area contributed by atoms with Crippen LogP contribution in [0.25, 0.3) is 0 Å². The molecule has 1 aromatic heterocycles. The van der Waals surface area contributed by atoms with Crippen LogP contribution in [0.15, 0.2) is 6.07 Å². The van der Waals surface area contributed by atoms with Gasteiger partial charge in [0.15, 0.2) is 0 Å². The van der Waals surface area contributed by atoms with Gasteiger partial charge in [0.25, 0.3) is 0 Å². The molecule has 0 bridgehead atoms. The summed E-state index contributed by atoms with van der Waals surface area (Å²) in [4.78, 5) is 11.8. The lowest BCUT2D eigenvalue weighted by atomic mass is 10.4. The van der Waals surface area contributed by atoms with Crippen LogP contribution in [0, 0.1) is 6.92 Å². The maximum absolute atomic E-state index is 10.7. The molecule has 1 heterocycles. The van der Waals surface area contributed by atoms with Crippen LogP contribution in [0.5, 0.6) is 0 Å². The van der Waals surface area contributed by atoms with Gasteiger partial charge < -0.3 is 5.32 Å². The zero-order valence-corrected chi connectivity index (χ0v) is 8.21. The number of hydrogen-bond donors (Lipinski definition) is 1. The normalized spacial score (nSPS) is 9.83. The van der Waals surface area contributed by atoms with Gasteiger partial charge in [-0.25, -0.2) is 0 Å². The van der Waals surface area contributed by atoms with Gasteiger partial charge in [-0.2, -0.15) is 4.37 Å². The zero-order chi connectivity index (χ0) is 8.97. The highest BCUT2D eigenvalue weighted by Crippen LogP contribution is 2.07. The van der Waals surface area contributed by atoms with Crippen LogP contribution in [0.3, 0.4) is 0 Å². The van der Waals surface area contributed by atoms with Gasteiger partial charge in [-0.05, 0) is 24.5 Å². The molecular formula is C7H9ClN2OS. The molecule has 66 valence electrons. The Morgan fingerprint density at radius 2 is 2.58 bits per heavy atom. The molecule has 1 aromatic rings. The van der Waals surface area contributed by atoms with Gasteiger partial charge in [-0.3, -0.25) is 4.79 Å². The quantitative estimate of drug-likeness (QED) is 0.755. The van der Waals surface area contributed by atoms with E-state index in [0.717, 1.165) is 10.6 Å². The van der Waals surface area contributed by atoms with Crippen LogP contribution < -0.4 is 5.32 Å². The van der Waals surface area contributed by atoms with E-state index in [1.807, 2.05) is 13.0 Å². The standard InChI is InChI=1S/C7H9ClN2OS/c1-5-2-6(12-10-5)4-9-7(11)3-8/h2H,3-4H2,1H3,(H,9,11). The van der Waals surface area contributed by atoms with Crippen molar-refractivity contribution in [3.63, 3.8) is 0 Å². The molecule has 0 aliphatic rings. The molecule has 0 radical (unpaired) electrons. The zero-order valence-electron chi connectivity index (χ0n) is 6.63. The third-order valence-corrected chi connectivity index (χ3v) is 2.38. The van der Waals surface area contributed by atoms with E-state index < -0.39 is 0 Å². The fraction of sp³-hybridized carbons (Fsp3) is 0.429. The first-order valence-electron chi connectivity index (χ1n) is 3.47. The van der Waals surface area contributed by atoms with E-state index >= 15 is 0 Å². The van der Waals surface area contributed by atoms with E-state index in [2.05, 4.69) is 9.69 Å². The molecule has 0 aliphatic carbocycles. The smallest absolute Gasteiger partial charge is 0.235 e. The summed E-state index contributed by atoms with van der Waals surface area (Å²) in [5, 5.41) is 2.66. The summed E-state index contributed by atoms with van der Waals surface area (Å²) in [6.45, 7) is 2.44. The first kappa shape index (κ1) is 9.48. The Morgan fingerprint density at radius 3 is 3.08 bits per heavy atom. The van der Waals surface area contributed by atoms with Crippen molar-refractivity contribution >= 4 is 29.0 Å². The average molecular weight is 205 g/mol. The molecule has 0 spiro atoms. The summed E-state index contributed by atoms with van der Waals surface area (Å²) in [5.74, 6) is -0.139. The number of rotatable bonds is 3. The minimum atomic E-state index is -0.150. The Bertz CT molecular complexity index is 274. The summed E-state index contributed by atoms with van der Waals surface area (Å²) < 4.78 is 4.08. The van der Waals surface area contributed by atoms with Gasteiger partial charge in [-0.15, -0.1) is 11.6 Å². The second kappa shape index (κ2) is 4.42. The number of amides is 1. The maximum Gasteiger partial charge on any atom is 0.235 e. The Hall–Kier alpha value is -0.610. The third kappa shape index (κ3) is 2.79. The summed E-state index contributed by atoms with van der Waals surface area (Å²) in [6, 6.07) is 1.94. The highest BCUT2D eigenvalue weighted by Gasteiger charge is 2.00. The number of aryl methyl sites for hydroxylation is 1. The molecule has 0 aromatic carbocycles. The van der Waals surface area contributed by atoms with Crippen molar-refractivity contribution in [1.82, 2.24) is 9.69 Å². The van der Waals surface area contributed by atoms with Gasteiger partial charge in [0.1, 0.15) is 5.88 Å². The van der Waals surface area contributed by atoms with Gasteiger partial charge in [-0.1, -0.05) is 0 Å². The molecule has 0 aliphatic heterocycles. The molecule has 0 saturated carbocycles. The Balaban J connectivity index is 2.38. The number of halogens is 1. The predicted molar refractivity (Wildman–Crippen MR) is 49.4 cm³/mol. The van der Waals surface area contributed by atoms with Crippen molar-refractivity contribution in [2.45, 2.75) is 13.5 Å². The van der Waals surface area contributed by atoms with Gasteiger partial charge in [0.2, 0.25) is 5.91 Å². The number of hydrogen-bond acceptors (Lipinski definition) is 3. The SMILES string of the molecule is Cc1cc(CNC(=O)CCl)sn1. The average Bonchev–Trinajstić information content (AvgIpc) is 2.47. The van der Waals surface area contributed by atoms with E-state index in [4.69, 9.17) is 11.6 Å². The molecule has 0 fully saturated rings. The monoisotopic (exact) mass is 204 g/mol. The van der Waals surface area contributed by atoms with Crippen molar-refractivity contribution in [3.8, 4) is 0 Å². The summed E-state index contributed by atoms with van der Waals surface area (Å²) >= 11 is 6.69. The lowest BCUT2D eigenvalue weighted by Crippen LogP contribution is -2.23. The number of alkyl halides is 1. The molecule has 0 saturated heterocycles. The van der Waals surface area contributed by atoms with E-state index in [9.17, 15) is 4.79 Å². The second-order valence-corrected chi connectivity index (χ2v) is 3.50. The molecule has 12 heavy (non-hydrogen) atoms. The topological polar surface area (TPSA) is 42.0 Å². The highest BCUT2D eigenvalue weighted by atomic mass is 35.5. The maximum atomic E-state index is 10.7. The molecule has 1 rings (SSSR count). The number of carbonyl (C=O) groups excluding carboxylic acids is 1. The minimum Gasteiger partial charge on any atom is -0.350 e. The lowest BCUT2D eigenvalue weighted by molar-refractivity contribution is -0.118. The Labute approximate surface area is 79.9 Å².